The lowest BCUT2D eigenvalue weighted by atomic mass is 10.1. The number of phenolic OH excluding ortho intramolecular Hbond substituents is 1. The van der Waals surface area contributed by atoms with Gasteiger partial charge in [-0.25, -0.2) is 4.99 Å². The summed E-state index contributed by atoms with van der Waals surface area (Å²) in [5, 5.41) is 21.4. The van der Waals surface area contributed by atoms with Gasteiger partial charge in [-0.3, -0.25) is 19.8 Å². The smallest absolute Gasteiger partial charge is 0.311 e. The van der Waals surface area contributed by atoms with Crippen molar-refractivity contribution in [2.75, 3.05) is 0 Å². The number of benzene rings is 3. The maximum atomic E-state index is 13.4. The van der Waals surface area contributed by atoms with Crippen molar-refractivity contribution < 1.29 is 14.8 Å². The van der Waals surface area contributed by atoms with Crippen LogP contribution in [0.15, 0.2) is 88.8 Å². The molecule has 1 N–H and O–H groups in total. The molecule has 1 amide bonds. The predicted molar refractivity (Wildman–Crippen MR) is 126 cm³/mol. The van der Waals surface area contributed by atoms with Crippen molar-refractivity contribution in [1.82, 2.24) is 4.90 Å². The zero-order valence-corrected chi connectivity index (χ0v) is 17.9. The lowest BCUT2D eigenvalue weighted by Crippen LogP contribution is -2.32. The molecule has 0 bridgehead atoms. The fraction of sp³-hybridized carbons (Fsp3) is 0.0833. The van der Waals surface area contributed by atoms with Crippen LogP contribution in [-0.4, -0.2) is 26.0 Å². The standard InChI is InChI=1S/C24H19N3O4S/c1-16(18-8-4-2-5-9-18)26-23(29)22(32-24(26)25-19-10-6-3-7-11-19)15-17-12-13-21(28)20(14-17)27(30)31/h2-16,28H,1H3/b22-15+,25-24?/t16-/m1/s1. The zero-order valence-electron chi connectivity index (χ0n) is 17.1. The third-order valence-corrected chi connectivity index (χ3v) is 5.96. The maximum absolute atomic E-state index is 13.4. The van der Waals surface area contributed by atoms with E-state index in [0.29, 0.717) is 15.6 Å². The minimum atomic E-state index is -0.660. The first-order chi connectivity index (χ1) is 15.4. The summed E-state index contributed by atoms with van der Waals surface area (Å²) >= 11 is 1.21. The van der Waals surface area contributed by atoms with Gasteiger partial charge in [-0.2, -0.15) is 0 Å². The second kappa shape index (κ2) is 9.07. The van der Waals surface area contributed by atoms with Crippen molar-refractivity contribution in [3.63, 3.8) is 0 Å². The Hall–Kier alpha value is -3.91. The molecule has 1 saturated heterocycles. The van der Waals surface area contributed by atoms with E-state index in [0.717, 1.165) is 11.3 Å². The molecule has 1 fully saturated rings. The second-order valence-corrected chi connectivity index (χ2v) is 8.12. The Morgan fingerprint density at radius 1 is 1.06 bits per heavy atom. The molecular formula is C24H19N3O4S. The number of rotatable bonds is 5. The van der Waals surface area contributed by atoms with Crippen molar-refractivity contribution >= 4 is 40.3 Å². The van der Waals surface area contributed by atoms with Crippen molar-refractivity contribution in [1.29, 1.82) is 0 Å². The molecule has 1 aliphatic rings. The number of nitro benzene ring substituents is 1. The third-order valence-electron chi connectivity index (χ3n) is 4.98. The first-order valence-corrected chi connectivity index (χ1v) is 10.6. The second-order valence-electron chi connectivity index (χ2n) is 7.11. The summed E-state index contributed by atoms with van der Waals surface area (Å²) < 4.78 is 0. The highest BCUT2D eigenvalue weighted by atomic mass is 32.2. The molecule has 0 aromatic heterocycles. The van der Waals surface area contributed by atoms with E-state index in [1.807, 2.05) is 67.6 Å². The molecule has 1 heterocycles. The van der Waals surface area contributed by atoms with Gasteiger partial charge in [0.15, 0.2) is 10.9 Å². The highest BCUT2D eigenvalue weighted by molar-refractivity contribution is 8.18. The van der Waals surface area contributed by atoms with Gasteiger partial charge in [0, 0.05) is 6.07 Å². The number of aromatic hydroxyl groups is 1. The average Bonchev–Trinajstić information content (AvgIpc) is 3.10. The molecule has 3 aromatic carbocycles. The molecule has 7 nitrogen and oxygen atoms in total. The van der Waals surface area contributed by atoms with Gasteiger partial charge in [0.1, 0.15) is 0 Å². The van der Waals surface area contributed by atoms with Crippen molar-refractivity contribution in [3.8, 4) is 5.75 Å². The van der Waals surface area contributed by atoms with Gasteiger partial charge in [-0.15, -0.1) is 0 Å². The number of hydrogen-bond donors (Lipinski definition) is 1. The Balaban J connectivity index is 1.75. The SMILES string of the molecule is C[C@H](c1ccccc1)N1C(=O)/C(=C\c2ccc(O)c([N+](=O)[O-])c2)SC1=Nc1ccccc1. The molecule has 0 aliphatic carbocycles. The van der Waals surface area contributed by atoms with Crippen LogP contribution >= 0.6 is 11.8 Å². The Kier molecular flexibility index (Phi) is 6.04. The van der Waals surface area contributed by atoms with E-state index in [4.69, 9.17) is 0 Å². The monoisotopic (exact) mass is 445 g/mol. The summed E-state index contributed by atoms with van der Waals surface area (Å²) in [6.07, 6.45) is 1.58. The molecule has 0 radical (unpaired) electrons. The minimum absolute atomic E-state index is 0.239. The van der Waals surface area contributed by atoms with Crippen molar-refractivity contribution in [2.24, 2.45) is 4.99 Å². The van der Waals surface area contributed by atoms with Crippen molar-refractivity contribution in [3.05, 3.63) is 105 Å². The Labute approximate surface area is 188 Å². The quantitative estimate of drug-likeness (QED) is 0.310. The number of para-hydroxylation sites is 1. The van der Waals surface area contributed by atoms with Gasteiger partial charge in [-0.1, -0.05) is 54.6 Å². The number of nitrogens with zero attached hydrogens (tertiary/aromatic N) is 3. The van der Waals surface area contributed by atoms with Crippen LogP contribution in [0.5, 0.6) is 5.75 Å². The molecule has 1 aliphatic heterocycles. The Morgan fingerprint density at radius 2 is 1.72 bits per heavy atom. The number of thioether (sulfide) groups is 1. The van der Waals surface area contributed by atoms with E-state index in [1.54, 1.807) is 11.0 Å². The average molecular weight is 446 g/mol. The molecule has 4 rings (SSSR count). The van der Waals surface area contributed by atoms with Gasteiger partial charge in [0.25, 0.3) is 5.91 Å². The van der Waals surface area contributed by atoms with Crippen LogP contribution in [0.1, 0.15) is 24.1 Å². The molecule has 32 heavy (non-hydrogen) atoms. The molecule has 0 spiro atoms. The molecule has 160 valence electrons. The van der Waals surface area contributed by atoms with E-state index in [-0.39, 0.29) is 11.9 Å². The van der Waals surface area contributed by atoms with Crippen LogP contribution in [0.3, 0.4) is 0 Å². The van der Waals surface area contributed by atoms with E-state index >= 15 is 0 Å². The summed E-state index contributed by atoms with van der Waals surface area (Å²) in [4.78, 5) is 30.6. The van der Waals surface area contributed by atoms with Crippen LogP contribution in [0.25, 0.3) is 6.08 Å². The summed E-state index contributed by atoms with van der Waals surface area (Å²) in [5.41, 5.74) is 1.71. The van der Waals surface area contributed by atoms with E-state index in [2.05, 4.69) is 4.99 Å². The van der Waals surface area contributed by atoms with Crippen LogP contribution in [0, 0.1) is 10.1 Å². The topological polar surface area (TPSA) is 96.0 Å². The highest BCUT2D eigenvalue weighted by Gasteiger charge is 2.37. The third kappa shape index (κ3) is 4.40. The lowest BCUT2D eigenvalue weighted by Gasteiger charge is -2.24. The van der Waals surface area contributed by atoms with Gasteiger partial charge in [-0.05, 0) is 54.1 Å². The summed E-state index contributed by atoms with van der Waals surface area (Å²) in [7, 11) is 0. The molecule has 3 aromatic rings. The number of carbonyl (C=O) groups excluding carboxylic acids is 1. The fourth-order valence-corrected chi connectivity index (χ4v) is 4.40. The number of phenols is 1. The summed E-state index contributed by atoms with van der Waals surface area (Å²) in [5.74, 6) is -0.662. The van der Waals surface area contributed by atoms with Gasteiger partial charge < -0.3 is 5.11 Å². The highest BCUT2D eigenvalue weighted by Crippen LogP contribution is 2.39. The Morgan fingerprint density at radius 3 is 2.38 bits per heavy atom. The number of aliphatic imine (C=N–C) groups is 1. The maximum Gasteiger partial charge on any atom is 0.311 e. The largest absolute Gasteiger partial charge is 0.502 e. The number of nitro groups is 1. The molecule has 1 atom stereocenters. The van der Waals surface area contributed by atoms with Crippen LogP contribution < -0.4 is 0 Å². The molecule has 0 saturated carbocycles. The molecule has 0 unspecified atom stereocenters. The van der Waals surface area contributed by atoms with Gasteiger partial charge in [0.2, 0.25) is 0 Å². The van der Waals surface area contributed by atoms with Crippen LogP contribution in [-0.2, 0) is 4.79 Å². The van der Waals surface area contributed by atoms with Crippen LogP contribution in [0.2, 0.25) is 0 Å². The fourth-order valence-electron chi connectivity index (χ4n) is 3.33. The number of amides is 1. The number of hydrogen-bond acceptors (Lipinski definition) is 6. The Bertz CT molecular complexity index is 1230. The minimum Gasteiger partial charge on any atom is -0.502 e. The first kappa shape index (κ1) is 21.3. The number of carbonyl (C=O) groups is 1. The summed E-state index contributed by atoms with van der Waals surface area (Å²) in [6, 6.07) is 22.8. The predicted octanol–water partition coefficient (Wildman–Crippen LogP) is 5.67. The van der Waals surface area contributed by atoms with E-state index in [1.165, 1.54) is 30.0 Å². The van der Waals surface area contributed by atoms with E-state index < -0.39 is 16.4 Å². The number of amidine groups is 1. The lowest BCUT2D eigenvalue weighted by molar-refractivity contribution is -0.385. The van der Waals surface area contributed by atoms with Gasteiger partial charge >= 0.3 is 5.69 Å². The normalized spacial score (nSPS) is 17.2. The summed E-state index contributed by atoms with van der Waals surface area (Å²) in [6.45, 7) is 1.93. The zero-order chi connectivity index (χ0) is 22.7. The van der Waals surface area contributed by atoms with Gasteiger partial charge in [0.05, 0.1) is 21.6 Å². The molecular weight excluding hydrogens is 426 g/mol. The van der Waals surface area contributed by atoms with Crippen molar-refractivity contribution in [2.45, 2.75) is 13.0 Å². The van der Waals surface area contributed by atoms with E-state index in [9.17, 15) is 20.0 Å². The van der Waals surface area contributed by atoms with Crippen LogP contribution in [0.4, 0.5) is 11.4 Å². The first-order valence-electron chi connectivity index (χ1n) is 9.83. The molecule has 8 heteroatoms.